The Morgan fingerprint density at radius 3 is 2.00 bits per heavy atom. The first kappa shape index (κ1) is 37.8. The van der Waals surface area contributed by atoms with Gasteiger partial charge >= 0.3 is 27.6 Å². The second kappa shape index (κ2) is 15.3. The molecule has 3 aromatic carbocycles. The second-order valence-electron chi connectivity index (χ2n) is 11.3. The van der Waals surface area contributed by atoms with Crippen LogP contribution in [-0.2, 0) is 34.0 Å². The predicted molar refractivity (Wildman–Crippen MR) is 168 cm³/mol. The summed E-state index contributed by atoms with van der Waals surface area (Å²) in [6.07, 6.45) is -0.702. The number of aliphatic hydroxyl groups is 2. The monoisotopic (exact) mass is 721 g/mol. The van der Waals surface area contributed by atoms with Crippen LogP contribution < -0.4 is 9.08 Å². The number of anilines is 1. The molecule has 16 heteroatoms. The summed E-state index contributed by atoms with van der Waals surface area (Å²) < 4.78 is 88.4. The largest absolute Gasteiger partial charge is 0.534 e. The molecule has 1 heterocycles. The Bertz CT molecular complexity index is 1850. The van der Waals surface area contributed by atoms with Gasteiger partial charge in [-0.1, -0.05) is 36.1 Å². The molecule has 4 rings (SSSR count). The lowest BCUT2D eigenvalue weighted by Gasteiger charge is -2.48. The van der Waals surface area contributed by atoms with Gasteiger partial charge in [0, 0.05) is 25.1 Å². The number of carbonyl (C=O) groups excluding carboxylic acids is 3. The fourth-order valence-corrected chi connectivity index (χ4v) is 5.49. The number of rotatable bonds is 12. The van der Waals surface area contributed by atoms with Crippen molar-refractivity contribution in [2.75, 3.05) is 18.1 Å². The number of carbonyl (C=O) groups is 3. The van der Waals surface area contributed by atoms with Crippen molar-refractivity contribution < 1.29 is 64.2 Å². The molecule has 0 saturated carbocycles. The first-order chi connectivity index (χ1) is 23.4. The number of nitrogens with zero attached hydrogens (tertiary/aromatic N) is 1. The number of halogens is 4. The van der Waals surface area contributed by atoms with Crippen molar-refractivity contribution in [2.24, 2.45) is 5.92 Å². The summed E-state index contributed by atoms with van der Waals surface area (Å²) in [7, 11) is -5.92. The zero-order valence-corrected chi connectivity index (χ0v) is 27.3. The zero-order valence-electron chi connectivity index (χ0n) is 26.5. The van der Waals surface area contributed by atoms with Crippen LogP contribution in [-0.4, -0.2) is 60.8 Å². The topological polar surface area (TPSA) is 157 Å². The van der Waals surface area contributed by atoms with Gasteiger partial charge in [-0.2, -0.15) is 21.6 Å². The maximum absolute atomic E-state index is 13.5. The average molecular weight is 722 g/mol. The number of amides is 1. The van der Waals surface area contributed by atoms with Gasteiger partial charge in [-0.25, -0.2) is 4.39 Å². The summed E-state index contributed by atoms with van der Waals surface area (Å²) in [6, 6.07) is 15.4. The molecule has 0 aliphatic carbocycles. The van der Waals surface area contributed by atoms with Crippen LogP contribution in [0.2, 0.25) is 0 Å². The van der Waals surface area contributed by atoms with Gasteiger partial charge in [0.1, 0.15) is 24.8 Å². The molecule has 0 aromatic heterocycles. The summed E-state index contributed by atoms with van der Waals surface area (Å²) in [6.45, 7) is 1.11. The van der Waals surface area contributed by atoms with Gasteiger partial charge in [0.15, 0.2) is 5.60 Å². The van der Waals surface area contributed by atoms with E-state index in [9.17, 15) is 50.6 Å². The highest BCUT2D eigenvalue weighted by Crippen LogP contribution is 2.46. The van der Waals surface area contributed by atoms with Crippen LogP contribution in [0, 0.1) is 23.6 Å². The van der Waals surface area contributed by atoms with E-state index in [1.54, 1.807) is 24.3 Å². The van der Waals surface area contributed by atoms with Crippen molar-refractivity contribution in [3.63, 3.8) is 0 Å². The fraction of sp³-hybridized carbons (Fsp3) is 0.324. The quantitative estimate of drug-likeness (QED) is 0.0683. The number of β-lactam (4-membered cyclic amide) rings is 1. The molecule has 3 aromatic rings. The van der Waals surface area contributed by atoms with Crippen molar-refractivity contribution in [1.29, 1.82) is 0 Å². The Kier molecular flexibility index (Phi) is 11.6. The third kappa shape index (κ3) is 9.37. The number of alkyl halides is 3. The molecule has 2 N–H and O–H groups in total. The van der Waals surface area contributed by atoms with Crippen LogP contribution >= 0.6 is 0 Å². The number of hydrogen-bond acceptors (Lipinski definition) is 10. The minimum Gasteiger partial charge on any atom is -0.462 e. The van der Waals surface area contributed by atoms with Crippen LogP contribution in [0.15, 0.2) is 72.8 Å². The average Bonchev–Trinajstić information content (AvgIpc) is 3.05. The third-order valence-corrected chi connectivity index (χ3v) is 8.52. The second-order valence-corrected chi connectivity index (χ2v) is 12.9. The normalized spacial score (nSPS) is 16.8. The highest BCUT2D eigenvalue weighted by atomic mass is 32.2. The summed E-state index contributed by atoms with van der Waals surface area (Å²) in [5.74, 6) is 1.72. The molecule has 1 amide bonds. The third-order valence-electron chi connectivity index (χ3n) is 7.54. The van der Waals surface area contributed by atoms with Gasteiger partial charge in [-0.15, -0.1) is 0 Å². The summed E-state index contributed by atoms with van der Waals surface area (Å²) in [5, 5.41) is 21.5. The lowest BCUT2D eigenvalue weighted by Crippen LogP contribution is -2.55. The van der Waals surface area contributed by atoms with E-state index >= 15 is 0 Å². The smallest absolute Gasteiger partial charge is 0.462 e. The molecule has 0 bridgehead atoms. The SMILES string of the molecule is CC(=O)OCC(O)(C#Cc1ccc([C@@H]2[C@@H](CC[C@H](O)c3ccc(F)cc3)C(=O)N2c2ccc(OS(=O)(=O)C(F)(F)F)cc2)cc1)COC(C)=O. The molecule has 0 unspecified atom stereocenters. The van der Waals surface area contributed by atoms with E-state index in [1.807, 2.05) is 0 Å². The maximum atomic E-state index is 13.5. The number of ether oxygens (including phenoxy) is 2. The maximum Gasteiger partial charge on any atom is 0.534 e. The molecule has 11 nitrogen and oxygen atoms in total. The van der Waals surface area contributed by atoms with E-state index in [1.165, 1.54) is 41.3 Å². The molecule has 266 valence electrons. The van der Waals surface area contributed by atoms with Crippen LogP contribution in [0.5, 0.6) is 5.75 Å². The van der Waals surface area contributed by atoms with Crippen molar-refractivity contribution in [3.05, 3.63) is 95.3 Å². The van der Waals surface area contributed by atoms with Crippen molar-refractivity contribution >= 4 is 33.7 Å². The molecular formula is C34H31F4NO10S. The summed E-state index contributed by atoms with van der Waals surface area (Å²) in [5.41, 5.74) is -6.02. The zero-order chi connectivity index (χ0) is 36.9. The lowest BCUT2D eigenvalue weighted by atomic mass is 9.78. The van der Waals surface area contributed by atoms with E-state index in [2.05, 4.69) is 16.0 Å². The van der Waals surface area contributed by atoms with Gasteiger partial charge < -0.3 is 28.8 Å². The summed E-state index contributed by atoms with van der Waals surface area (Å²) >= 11 is 0. The first-order valence-electron chi connectivity index (χ1n) is 14.9. The fourth-order valence-electron chi connectivity index (χ4n) is 5.03. The highest BCUT2D eigenvalue weighted by Gasteiger charge is 2.50. The predicted octanol–water partition coefficient (Wildman–Crippen LogP) is 4.48. The molecule has 1 fully saturated rings. The van der Waals surface area contributed by atoms with Crippen molar-refractivity contribution in [3.8, 4) is 17.6 Å². The van der Waals surface area contributed by atoms with Crippen LogP contribution in [0.3, 0.4) is 0 Å². The van der Waals surface area contributed by atoms with Crippen LogP contribution in [0.1, 0.15) is 55.5 Å². The van der Waals surface area contributed by atoms with Gasteiger partial charge in [0.25, 0.3) is 0 Å². The molecule has 0 radical (unpaired) electrons. The molecule has 3 atom stereocenters. The van der Waals surface area contributed by atoms with Crippen molar-refractivity contribution in [2.45, 2.75) is 49.9 Å². The Morgan fingerprint density at radius 1 is 0.920 bits per heavy atom. The van der Waals surface area contributed by atoms with E-state index in [4.69, 9.17) is 9.47 Å². The number of esters is 2. The van der Waals surface area contributed by atoms with Crippen molar-refractivity contribution in [1.82, 2.24) is 0 Å². The Labute approximate surface area is 284 Å². The van der Waals surface area contributed by atoms with E-state index in [-0.39, 0.29) is 24.4 Å². The van der Waals surface area contributed by atoms with Crippen LogP contribution in [0.25, 0.3) is 0 Å². The van der Waals surface area contributed by atoms with E-state index < -0.39 is 76.0 Å². The lowest BCUT2D eigenvalue weighted by molar-refractivity contribution is -0.154. The number of aliphatic hydroxyl groups excluding tert-OH is 1. The Hall–Kier alpha value is -4.98. The first-order valence-corrected chi connectivity index (χ1v) is 16.3. The minimum atomic E-state index is -5.92. The molecule has 1 aliphatic heterocycles. The van der Waals surface area contributed by atoms with Gasteiger partial charge in [-0.05, 0) is 72.5 Å². The summed E-state index contributed by atoms with van der Waals surface area (Å²) in [4.78, 5) is 37.4. The Balaban J connectivity index is 1.60. The molecule has 1 saturated heterocycles. The molecule has 50 heavy (non-hydrogen) atoms. The molecule has 1 aliphatic rings. The Morgan fingerprint density at radius 2 is 1.48 bits per heavy atom. The number of hydrogen-bond donors (Lipinski definition) is 2. The standard InChI is InChI=1S/C34H31F4NO10S/c1-21(40)47-19-33(44,20-48-22(2)41)18-17-23-3-5-25(6-4-23)31-29(15-16-30(42)24-7-9-26(35)10-8-24)32(43)39(31)27-11-13-28(14-12-27)49-50(45,46)34(36,37)38/h3-14,29-31,42,44H,15-16,19-20H2,1-2H3/t29-,30+,31-/m1/s1. The number of benzene rings is 3. The van der Waals surface area contributed by atoms with E-state index in [0.717, 1.165) is 26.0 Å². The molecule has 0 spiro atoms. The van der Waals surface area contributed by atoms with E-state index in [0.29, 0.717) is 16.7 Å². The highest BCUT2D eigenvalue weighted by molar-refractivity contribution is 7.88. The van der Waals surface area contributed by atoms with Gasteiger partial charge in [0.2, 0.25) is 5.91 Å². The van der Waals surface area contributed by atoms with Gasteiger partial charge in [-0.3, -0.25) is 14.4 Å². The van der Waals surface area contributed by atoms with Gasteiger partial charge in [0.05, 0.1) is 18.1 Å². The molecular weight excluding hydrogens is 690 g/mol. The van der Waals surface area contributed by atoms with Crippen LogP contribution in [0.4, 0.5) is 23.2 Å². The minimum absolute atomic E-state index is 0.126.